The molecule has 10 nitrogen and oxygen atoms in total. The fourth-order valence-electron chi connectivity index (χ4n) is 2.68. The van der Waals surface area contributed by atoms with Crippen LogP contribution in [0.1, 0.15) is 32.1 Å². The van der Waals surface area contributed by atoms with Gasteiger partial charge in [0.15, 0.2) is 5.82 Å². The zero-order valence-electron chi connectivity index (χ0n) is 14.5. The van der Waals surface area contributed by atoms with Crippen LogP contribution in [0.2, 0.25) is 0 Å². The smallest absolute Gasteiger partial charge is 0.351 e. The first-order chi connectivity index (χ1) is 12.3. The van der Waals surface area contributed by atoms with Gasteiger partial charge in [0.05, 0.1) is 0 Å². The van der Waals surface area contributed by atoms with Crippen molar-refractivity contribution in [2.45, 2.75) is 45.1 Å². The highest BCUT2D eigenvalue weighted by molar-refractivity contribution is 5.66. The van der Waals surface area contributed by atoms with Crippen molar-refractivity contribution in [1.29, 1.82) is 0 Å². The van der Waals surface area contributed by atoms with Crippen LogP contribution < -0.4 is 11.2 Å². The van der Waals surface area contributed by atoms with Gasteiger partial charge in [-0.3, -0.25) is 24.8 Å². The van der Waals surface area contributed by atoms with Crippen LogP contribution in [-0.2, 0) is 30.2 Å². The van der Waals surface area contributed by atoms with Gasteiger partial charge in [0.2, 0.25) is 0 Å². The molecule has 1 aromatic heterocycles. The molecule has 2 rings (SSSR count). The van der Waals surface area contributed by atoms with Crippen molar-refractivity contribution in [3.63, 3.8) is 0 Å². The van der Waals surface area contributed by atoms with Crippen molar-refractivity contribution >= 4 is 17.8 Å². The zero-order valence-corrected chi connectivity index (χ0v) is 14.5. The number of anilines is 1. The van der Waals surface area contributed by atoms with Crippen molar-refractivity contribution in [3.05, 3.63) is 34.9 Å². The molecule has 1 saturated heterocycles. The van der Waals surface area contributed by atoms with Crippen molar-refractivity contribution in [1.82, 2.24) is 9.55 Å². The number of rotatable bonds is 7. The number of nitrogens with one attached hydrogen (secondary N) is 1. The second-order valence-electron chi connectivity index (χ2n) is 5.72. The fourth-order valence-corrected chi connectivity index (χ4v) is 2.68. The second kappa shape index (κ2) is 8.59. The molecule has 1 fully saturated rings. The first-order valence-electron chi connectivity index (χ1n) is 7.94. The highest BCUT2D eigenvalue weighted by Crippen LogP contribution is 2.31. The molecule has 1 aliphatic heterocycles. The van der Waals surface area contributed by atoms with Crippen molar-refractivity contribution in [3.8, 4) is 0 Å². The van der Waals surface area contributed by atoms with Gasteiger partial charge in [-0.05, 0) is 6.42 Å². The zero-order chi connectivity index (χ0) is 19.3. The van der Waals surface area contributed by atoms with Crippen LogP contribution in [0.25, 0.3) is 0 Å². The molecule has 1 aliphatic rings. The van der Waals surface area contributed by atoms with Crippen LogP contribution in [0.3, 0.4) is 0 Å². The predicted octanol–water partition coefficient (Wildman–Crippen LogP) is 0.555. The number of hydrogen-bond donors (Lipinski definition) is 2. The van der Waals surface area contributed by atoms with E-state index in [2.05, 4.69) is 11.6 Å². The lowest BCUT2D eigenvalue weighted by atomic mass is 10.2. The fraction of sp³-hybridized carbons (Fsp3) is 0.500. The van der Waals surface area contributed by atoms with Gasteiger partial charge in [-0.15, -0.1) is 6.58 Å². The summed E-state index contributed by atoms with van der Waals surface area (Å²) in [5.74, 6) is -0.981. The lowest BCUT2D eigenvalue weighted by Gasteiger charge is -2.18. The van der Waals surface area contributed by atoms with E-state index in [-0.39, 0.29) is 18.8 Å². The van der Waals surface area contributed by atoms with E-state index in [0.717, 1.165) is 0 Å². The minimum absolute atomic E-state index is 0.0251. The standard InChI is InChI=1S/C16H21N3O7/c1-4-5-11-7-19(16(22)17-15(11)18-23)14-6-12(25-10(3)21)13(26-14)8-24-9(2)20/h4,7,12-14,23H,1,5-6,8H2,2-3H3,(H,17,18,22)/t12-,13+,14+/m0/s1. The summed E-state index contributed by atoms with van der Waals surface area (Å²) < 4.78 is 17.1. The van der Waals surface area contributed by atoms with E-state index >= 15 is 0 Å². The Morgan fingerprint density at radius 1 is 1.50 bits per heavy atom. The van der Waals surface area contributed by atoms with Gasteiger partial charge in [0, 0.05) is 32.0 Å². The summed E-state index contributed by atoms with van der Waals surface area (Å²) in [6.45, 7) is 6.02. The number of nitrogens with zero attached hydrogens (tertiary/aromatic N) is 2. The lowest BCUT2D eigenvalue weighted by Crippen LogP contribution is -2.31. The molecule has 0 amide bonds. The molecule has 2 heterocycles. The Morgan fingerprint density at radius 3 is 2.81 bits per heavy atom. The molecule has 0 saturated carbocycles. The first kappa shape index (κ1) is 19.6. The maximum atomic E-state index is 12.2. The van der Waals surface area contributed by atoms with Gasteiger partial charge in [0.25, 0.3) is 0 Å². The van der Waals surface area contributed by atoms with Crippen LogP contribution in [-0.4, -0.2) is 45.5 Å². The van der Waals surface area contributed by atoms with Gasteiger partial charge in [-0.25, -0.2) is 4.79 Å². The topological polar surface area (TPSA) is 129 Å². The molecule has 10 heteroatoms. The maximum Gasteiger partial charge on any atom is 0.351 e. The predicted molar refractivity (Wildman–Crippen MR) is 88.5 cm³/mol. The molecule has 1 aromatic rings. The largest absolute Gasteiger partial charge is 0.463 e. The number of carbonyl (C=O) groups excluding carboxylic acids is 2. The monoisotopic (exact) mass is 367 g/mol. The van der Waals surface area contributed by atoms with Gasteiger partial charge in [-0.2, -0.15) is 4.98 Å². The molecule has 3 atom stereocenters. The Kier molecular flexibility index (Phi) is 6.47. The van der Waals surface area contributed by atoms with E-state index in [0.29, 0.717) is 12.0 Å². The molecule has 0 unspecified atom stereocenters. The molecule has 142 valence electrons. The molecule has 0 aliphatic carbocycles. The van der Waals surface area contributed by atoms with Gasteiger partial charge in [0.1, 0.15) is 25.0 Å². The quantitative estimate of drug-likeness (QED) is 0.403. The summed E-state index contributed by atoms with van der Waals surface area (Å²) in [7, 11) is 0. The van der Waals surface area contributed by atoms with Gasteiger partial charge < -0.3 is 14.2 Å². The number of esters is 2. The Morgan fingerprint density at radius 2 is 2.23 bits per heavy atom. The average Bonchev–Trinajstić information content (AvgIpc) is 2.96. The molecule has 26 heavy (non-hydrogen) atoms. The van der Waals surface area contributed by atoms with Gasteiger partial charge >= 0.3 is 17.6 Å². The van der Waals surface area contributed by atoms with Crippen molar-refractivity contribution in [2.24, 2.45) is 0 Å². The minimum atomic E-state index is -0.767. The second-order valence-corrected chi connectivity index (χ2v) is 5.72. The Bertz CT molecular complexity index is 746. The summed E-state index contributed by atoms with van der Waals surface area (Å²) in [5, 5.41) is 9.10. The number of ether oxygens (including phenoxy) is 3. The van der Waals surface area contributed by atoms with Crippen LogP contribution in [0.4, 0.5) is 5.82 Å². The van der Waals surface area contributed by atoms with Crippen molar-refractivity contribution < 1.29 is 29.0 Å². The SMILES string of the molecule is C=CCc1cn([C@H]2C[C@H](OC(C)=O)[C@@H](COC(C)=O)O2)c(=O)nc1NO. The summed E-state index contributed by atoms with van der Waals surface area (Å²) in [6.07, 6.45) is 1.46. The molecule has 0 aromatic carbocycles. The minimum Gasteiger partial charge on any atom is -0.463 e. The third kappa shape index (κ3) is 4.67. The number of allylic oxidation sites excluding steroid dienone is 1. The summed E-state index contributed by atoms with van der Waals surface area (Å²) in [6, 6.07) is 0. The average molecular weight is 367 g/mol. The number of aromatic nitrogens is 2. The number of carbonyl (C=O) groups is 2. The van der Waals surface area contributed by atoms with E-state index in [1.54, 1.807) is 6.08 Å². The molecule has 0 bridgehead atoms. The summed E-state index contributed by atoms with van der Waals surface area (Å²) >= 11 is 0. The third-order valence-corrected chi connectivity index (χ3v) is 3.76. The highest BCUT2D eigenvalue weighted by Gasteiger charge is 2.39. The van der Waals surface area contributed by atoms with E-state index in [9.17, 15) is 14.4 Å². The summed E-state index contributed by atoms with van der Waals surface area (Å²) in [5.41, 5.74) is 1.74. The molecule has 0 radical (unpaired) electrons. The first-order valence-corrected chi connectivity index (χ1v) is 7.94. The van der Waals surface area contributed by atoms with E-state index in [1.807, 2.05) is 5.48 Å². The molecule has 2 N–H and O–H groups in total. The van der Waals surface area contributed by atoms with E-state index in [1.165, 1.54) is 24.6 Å². The van der Waals surface area contributed by atoms with Crippen LogP contribution in [0.15, 0.2) is 23.6 Å². The molecular weight excluding hydrogens is 346 g/mol. The summed E-state index contributed by atoms with van der Waals surface area (Å²) in [4.78, 5) is 38.3. The highest BCUT2D eigenvalue weighted by atomic mass is 16.6. The van der Waals surface area contributed by atoms with E-state index < -0.39 is 36.1 Å². The Hall–Kier alpha value is -2.72. The maximum absolute atomic E-state index is 12.2. The van der Waals surface area contributed by atoms with Gasteiger partial charge in [-0.1, -0.05) is 6.08 Å². The molecular formula is C16H21N3O7. The third-order valence-electron chi connectivity index (χ3n) is 3.76. The Balaban J connectivity index is 2.28. The van der Waals surface area contributed by atoms with Crippen LogP contribution >= 0.6 is 0 Å². The molecule has 0 spiro atoms. The van der Waals surface area contributed by atoms with E-state index in [4.69, 9.17) is 19.4 Å². The number of hydrogen-bond acceptors (Lipinski definition) is 9. The normalized spacial score (nSPS) is 21.9. The van der Waals surface area contributed by atoms with Crippen molar-refractivity contribution in [2.75, 3.05) is 12.1 Å². The Labute approximate surface area is 149 Å². The van der Waals surface area contributed by atoms with Crippen LogP contribution in [0, 0.1) is 0 Å². The van der Waals surface area contributed by atoms with Crippen LogP contribution in [0.5, 0.6) is 0 Å². The lowest BCUT2D eigenvalue weighted by molar-refractivity contribution is -0.155.